The Morgan fingerprint density at radius 1 is 1.53 bits per heavy atom. The molecular formula is C13H19N3O2S. The molecule has 0 aliphatic rings. The topological polar surface area (TPSA) is 53.9 Å². The van der Waals surface area contributed by atoms with Crippen LogP contribution >= 0.6 is 11.8 Å². The minimum atomic E-state index is -0.475. The molecule has 0 atom stereocenters. The van der Waals surface area contributed by atoms with Crippen molar-refractivity contribution >= 4 is 29.1 Å². The predicted molar refractivity (Wildman–Crippen MR) is 80.6 cm³/mol. The van der Waals surface area contributed by atoms with Gasteiger partial charge in [-0.05, 0) is 44.8 Å². The van der Waals surface area contributed by atoms with E-state index in [1.165, 1.54) is 7.05 Å². The van der Waals surface area contributed by atoms with Crippen LogP contribution in [-0.4, -0.2) is 43.6 Å². The van der Waals surface area contributed by atoms with E-state index in [2.05, 4.69) is 15.2 Å². The minimum Gasteiger partial charge on any atom is -0.410 e. The van der Waals surface area contributed by atoms with E-state index < -0.39 is 6.09 Å². The fourth-order valence-electron chi connectivity index (χ4n) is 1.27. The molecule has 0 unspecified atom stereocenters. The van der Waals surface area contributed by atoms with Crippen LogP contribution in [0.5, 0.6) is 5.75 Å². The number of ether oxygens (including phenoxy) is 1. The number of amides is 1. The van der Waals surface area contributed by atoms with Crippen molar-refractivity contribution in [2.45, 2.75) is 6.92 Å². The van der Waals surface area contributed by atoms with E-state index in [-0.39, 0.29) is 0 Å². The molecule has 0 aliphatic carbocycles. The smallest absolute Gasteiger partial charge is 0.410 e. The second-order valence-corrected chi connectivity index (χ2v) is 5.00. The molecule has 0 saturated heterocycles. The van der Waals surface area contributed by atoms with Gasteiger partial charge in [-0.1, -0.05) is 11.8 Å². The first-order valence-electron chi connectivity index (χ1n) is 5.82. The van der Waals surface area contributed by atoms with Crippen molar-refractivity contribution in [2.24, 2.45) is 4.99 Å². The summed E-state index contributed by atoms with van der Waals surface area (Å²) in [5, 5.41) is 2.40. The van der Waals surface area contributed by atoms with Gasteiger partial charge >= 0.3 is 6.09 Å². The highest BCUT2D eigenvalue weighted by atomic mass is 32.2. The van der Waals surface area contributed by atoms with Crippen molar-refractivity contribution in [3.8, 4) is 5.75 Å². The van der Waals surface area contributed by atoms with E-state index in [4.69, 9.17) is 4.74 Å². The van der Waals surface area contributed by atoms with Crippen LogP contribution in [0.15, 0.2) is 23.2 Å². The molecule has 0 aliphatic heterocycles. The lowest BCUT2D eigenvalue weighted by Crippen LogP contribution is -2.21. The molecule has 1 aromatic carbocycles. The number of hydrogen-bond acceptors (Lipinski definition) is 5. The van der Waals surface area contributed by atoms with Gasteiger partial charge in [0.05, 0.1) is 11.2 Å². The zero-order valence-electron chi connectivity index (χ0n) is 11.6. The van der Waals surface area contributed by atoms with Gasteiger partial charge in [0.15, 0.2) is 0 Å². The number of aliphatic imine (C=N–C) groups is 1. The summed E-state index contributed by atoms with van der Waals surface area (Å²) >= 11 is 1.62. The highest BCUT2D eigenvalue weighted by molar-refractivity contribution is 8.12. The summed E-state index contributed by atoms with van der Waals surface area (Å²) in [5.41, 5.74) is 3.65. The van der Waals surface area contributed by atoms with Crippen LogP contribution in [-0.2, 0) is 0 Å². The number of nitrogens with one attached hydrogen (secondary N) is 1. The maximum Gasteiger partial charge on any atom is 0.412 e. The van der Waals surface area contributed by atoms with E-state index in [1.807, 2.05) is 32.6 Å². The molecule has 0 spiro atoms. The number of aryl methyl sites for hydroxylation is 1. The highest BCUT2D eigenvalue weighted by Gasteiger charge is 2.03. The summed E-state index contributed by atoms with van der Waals surface area (Å²) in [7, 11) is 5.55. The van der Waals surface area contributed by atoms with Gasteiger partial charge in [-0.3, -0.25) is 4.90 Å². The van der Waals surface area contributed by atoms with Crippen molar-refractivity contribution < 1.29 is 9.53 Å². The van der Waals surface area contributed by atoms with Crippen LogP contribution < -0.4 is 10.1 Å². The molecule has 0 fully saturated rings. The molecule has 0 aromatic heterocycles. The molecular weight excluding hydrogens is 262 g/mol. The average Bonchev–Trinajstić information content (AvgIpc) is 2.36. The molecule has 1 aromatic rings. The van der Waals surface area contributed by atoms with Crippen LogP contribution in [0.25, 0.3) is 0 Å². The normalized spacial score (nSPS) is 11.0. The summed E-state index contributed by atoms with van der Waals surface area (Å²) in [5.74, 6) is 1.40. The Bertz CT molecular complexity index is 461. The lowest BCUT2D eigenvalue weighted by molar-refractivity contribution is 0.203. The first kappa shape index (κ1) is 15.5. The second-order valence-electron chi connectivity index (χ2n) is 4.20. The molecule has 5 nitrogen and oxygen atoms in total. The Labute approximate surface area is 118 Å². The van der Waals surface area contributed by atoms with Crippen molar-refractivity contribution in [1.82, 2.24) is 10.2 Å². The van der Waals surface area contributed by atoms with E-state index >= 15 is 0 Å². The van der Waals surface area contributed by atoms with Gasteiger partial charge in [-0.25, -0.2) is 9.79 Å². The maximum absolute atomic E-state index is 11.1. The molecule has 1 N–H and O–H groups in total. The molecule has 104 valence electrons. The number of hydrogen-bond donors (Lipinski definition) is 1. The lowest BCUT2D eigenvalue weighted by Gasteiger charge is -2.07. The quantitative estimate of drug-likeness (QED) is 0.512. The SMILES string of the molecule is CNC(=O)Oc1ccc(N=CSCN(C)C)c(C)c1. The Morgan fingerprint density at radius 3 is 2.84 bits per heavy atom. The van der Waals surface area contributed by atoms with Crippen LogP contribution in [0.3, 0.4) is 0 Å². The first-order chi connectivity index (χ1) is 9.02. The highest BCUT2D eigenvalue weighted by Crippen LogP contribution is 2.24. The monoisotopic (exact) mass is 281 g/mol. The number of carbonyl (C=O) groups is 1. The van der Waals surface area contributed by atoms with Crippen molar-refractivity contribution in [1.29, 1.82) is 0 Å². The number of thioether (sulfide) groups is 1. The third-order valence-electron chi connectivity index (χ3n) is 2.18. The van der Waals surface area contributed by atoms with E-state index in [9.17, 15) is 4.79 Å². The number of benzene rings is 1. The van der Waals surface area contributed by atoms with Crippen molar-refractivity contribution in [3.05, 3.63) is 23.8 Å². The molecule has 0 bridgehead atoms. The molecule has 1 amide bonds. The second kappa shape index (κ2) is 7.81. The molecule has 0 radical (unpaired) electrons. The summed E-state index contributed by atoms with van der Waals surface area (Å²) < 4.78 is 5.04. The predicted octanol–water partition coefficient (Wildman–Crippen LogP) is 2.63. The first-order valence-corrected chi connectivity index (χ1v) is 6.87. The third-order valence-corrected chi connectivity index (χ3v) is 3.10. The van der Waals surface area contributed by atoms with Crippen LogP contribution in [0.2, 0.25) is 0 Å². The van der Waals surface area contributed by atoms with Gasteiger partial charge in [0.2, 0.25) is 0 Å². The van der Waals surface area contributed by atoms with E-state index in [0.717, 1.165) is 17.1 Å². The van der Waals surface area contributed by atoms with Crippen LogP contribution in [0, 0.1) is 6.92 Å². The molecule has 19 heavy (non-hydrogen) atoms. The maximum atomic E-state index is 11.1. The number of nitrogens with zero attached hydrogens (tertiary/aromatic N) is 2. The van der Waals surface area contributed by atoms with Crippen LogP contribution in [0.1, 0.15) is 5.56 Å². The molecule has 0 saturated carbocycles. The zero-order valence-corrected chi connectivity index (χ0v) is 12.5. The third kappa shape index (κ3) is 5.76. The van der Waals surface area contributed by atoms with Gasteiger partial charge in [-0.15, -0.1) is 0 Å². The minimum absolute atomic E-state index is 0.475. The molecule has 1 rings (SSSR count). The molecule has 0 heterocycles. The van der Waals surface area contributed by atoms with Gasteiger partial charge in [0.25, 0.3) is 0 Å². The van der Waals surface area contributed by atoms with Gasteiger partial charge < -0.3 is 10.1 Å². The Hall–Kier alpha value is -1.53. The van der Waals surface area contributed by atoms with Gasteiger partial charge in [0, 0.05) is 12.9 Å². The summed E-state index contributed by atoms with van der Waals surface area (Å²) in [6, 6.07) is 5.35. The number of carbonyl (C=O) groups excluding carboxylic acids is 1. The fourth-order valence-corrected chi connectivity index (χ4v) is 1.82. The van der Waals surface area contributed by atoms with Gasteiger partial charge in [0.1, 0.15) is 5.75 Å². The Kier molecular flexibility index (Phi) is 6.38. The lowest BCUT2D eigenvalue weighted by atomic mass is 10.2. The Balaban J connectivity index is 2.64. The largest absolute Gasteiger partial charge is 0.412 e. The van der Waals surface area contributed by atoms with Crippen LogP contribution in [0.4, 0.5) is 10.5 Å². The fraction of sp³-hybridized carbons (Fsp3) is 0.385. The summed E-state index contributed by atoms with van der Waals surface area (Å²) in [4.78, 5) is 17.5. The van der Waals surface area contributed by atoms with Gasteiger partial charge in [-0.2, -0.15) is 0 Å². The van der Waals surface area contributed by atoms with Crippen molar-refractivity contribution in [2.75, 3.05) is 27.0 Å². The van der Waals surface area contributed by atoms with E-state index in [1.54, 1.807) is 23.9 Å². The summed E-state index contributed by atoms with van der Waals surface area (Å²) in [6.45, 7) is 1.93. The standard InChI is InChI=1S/C13H19N3O2S/c1-10-7-11(18-13(17)14-2)5-6-12(10)15-8-19-9-16(3)4/h5-8H,9H2,1-4H3,(H,14,17). The Morgan fingerprint density at radius 2 is 2.26 bits per heavy atom. The zero-order chi connectivity index (χ0) is 14.3. The van der Waals surface area contributed by atoms with Crippen molar-refractivity contribution in [3.63, 3.8) is 0 Å². The summed E-state index contributed by atoms with van der Waals surface area (Å²) in [6.07, 6.45) is -0.475. The average molecular weight is 281 g/mol. The number of rotatable bonds is 5. The van der Waals surface area contributed by atoms with E-state index in [0.29, 0.717) is 5.75 Å². The molecule has 6 heteroatoms.